The molecule has 1 heterocycles. The number of thioether (sulfide) groups is 1. The normalized spacial score (nSPS) is 11.9. The third-order valence-electron chi connectivity index (χ3n) is 1.47. The first-order valence-corrected chi connectivity index (χ1v) is 5.80. The highest BCUT2D eigenvalue weighted by Gasteiger charge is 2.37. The molecule has 8 heteroatoms. The number of aromatic nitrogens is 1. The van der Waals surface area contributed by atoms with E-state index in [1.165, 1.54) is 0 Å². The van der Waals surface area contributed by atoms with Crippen LogP contribution in [0.4, 0.5) is 13.2 Å². The van der Waals surface area contributed by atoms with Crippen LogP contribution < -0.4 is 0 Å². The van der Waals surface area contributed by atoms with Crippen molar-refractivity contribution in [2.75, 3.05) is 6.26 Å². The number of nitrogens with zero attached hydrogens (tertiary/aromatic N) is 1. The summed E-state index contributed by atoms with van der Waals surface area (Å²) in [5, 5.41) is -0.996. The molecule has 1 aromatic heterocycles. The third-order valence-corrected chi connectivity index (χ3v) is 3.62. The summed E-state index contributed by atoms with van der Waals surface area (Å²) in [6.45, 7) is 0. The number of hydrogen-bond acceptors (Lipinski definition) is 2. The van der Waals surface area contributed by atoms with Gasteiger partial charge in [-0.05, 0) is 6.26 Å². The van der Waals surface area contributed by atoms with Crippen LogP contribution in [0, 0.1) is 0 Å². The van der Waals surface area contributed by atoms with Gasteiger partial charge in [-0.15, -0.1) is 11.8 Å². The maximum Gasteiger partial charge on any atom is 0.434 e. The molecule has 0 bridgehead atoms. The van der Waals surface area contributed by atoms with E-state index in [0.29, 0.717) is 0 Å². The standard InChI is InChI=1S/C7H3Cl3F3NS/c1-15-4-2(8)5(7(11,12)13)14-6(10)3(4)9/h1H3. The molecule has 1 nitrogen and oxygen atoms in total. The van der Waals surface area contributed by atoms with Gasteiger partial charge >= 0.3 is 6.18 Å². The van der Waals surface area contributed by atoms with Crippen molar-refractivity contribution in [3.05, 3.63) is 20.9 Å². The van der Waals surface area contributed by atoms with Gasteiger partial charge in [0.15, 0.2) is 5.69 Å². The summed E-state index contributed by atoms with van der Waals surface area (Å²) in [5.41, 5.74) is -1.22. The van der Waals surface area contributed by atoms with Crippen molar-refractivity contribution in [1.82, 2.24) is 4.98 Å². The van der Waals surface area contributed by atoms with Crippen molar-refractivity contribution in [3.63, 3.8) is 0 Å². The molecule has 1 rings (SSSR count). The summed E-state index contributed by atoms with van der Waals surface area (Å²) in [6.07, 6.45) is -3.10. The van der Waals surface area contributed by atoms with E-state index in [0.717, 1.165) is 11.8 Å². The second-order valence-corrected chi connectivity index (χ2v) is 4.34. The van der Waals surface area contributed by atoms with Crippen molar-refractivity contribution in [1.29, 1.82) is 0 Å². The Labute approximate surface area is 103 Å². The van der Waals surface area contributed by atoms with Crippen molar-refractivity contribution in [3.8, 4) is 0 Å². The molecule has 0 fully saturated rings. The highest BCUT2D eigenvalue weighted by atomic mass is 35.5. The number of hydrogen-bond donors (Lipinski definition) is 0. The van der Waals surface area contributed by atoms with Crippen LogP contribution in [0.3, 0.4) is 0 Å². The van der Waals surface area contributed by atoms with E-state index in [1.54, 1.807) is 6.26 Å². The highest BCUT2D eigenvalue weighted by Crippen LogP contribution is 2.43. The smallest absolute Gasteiger partial charge is 0.228 e. The van der Waals surface area contributed by atoms with Crippen LogP contribution in [0.15, 0.2) is 4.90 Å². The van der Waals surface area contributed by atoms with Crippen LogP contribution >= 0.6 is 46.6 Å². The van der Waals surface area contributed by atoms with E-state index in [-0.39, 0.29) is 9.92 Å². The fourth-order valence-corrected chi connectivity index (χ4v) is 2.54. The Balaban J connectivity index is 3.51. The topological polar surface area (TPSA) is 12.9 Å². The minimum atomic E-state index is -4.64. The van der Waals surface area contributed by atoms with Crippen molar-refractivity contribution < 1.29 is 13.2 Å². The molecule has 0 atom stereocenters. The molecule has 0 spiro atoms. The number of alkyl halides is 3. The molecule has 1 aromatic rings. The van der Waals surface area contributed by atoms with E-state index in [1.807, 2.05) is 0 Å². The summed E-state index contributed by atoms with van der Waals surface area (Å²) in [6, 6.07) is 0. The van der Waals surface area contributed by atoms with Crippen LogP contribution in [0.5, 0.6) is 0 Å². The van der Waals surface area contributed by atoms with Gasteiger partial charge in [-0.2, -0.15) is 13.2 Å². The minimum absolute atomic E-state index is 0.0674. The van der Waals surface area contributed by atoms with Gasteiger partial charge < -0.3 is 0 Å². The predicted molar refractivity (Wildman–Crippen MR) is 56.1 cm³/mol. The molecule has 0 saturated carbocycles. The third kappa shape index (κ3) is 2.64. The summed E-state index contributed by atoms with van der Waals surface area (Å²) >= 11 is 17.6. The lowest BCUT2D eigenvalue weighted by molar-refractivity contribution is -0.141. The fourth-order valence-electron chi connectivity index (χ4n) is 0.861. The number of pyridine rings is 1. The van der Waals surface area contributed by atoms with Gasteiger partial charge in [-0.25, -0.2) is 4.98 Å². The van der Waals surface area contributed by atoms with E-state index in [2.05, 4.69) is 4.98 Å². The van der Waals surface area contributed by atoms with E-state index >= 15 is 0 Å². The maximum atomic E-state index is 12.4. The molecule has 15 heavy (non-hydrogen) atoms. The maximum absolute atomic E-state index is 12.4. The van der Waals surface area contributed by atoms with E-state index in [9.17, 15) is 13.2 Å². The van der Waals surface area contributed by atoms with Gasteiger partial charge in [0.05, 0.1) is 10.0 Å². The monoisotopic (exact) mass is 295 g/mol. The SMILES string of the molecule is CSc1c(Cl)c(Cl)nc(C(F)(F)F)c1Cl. The fraction of sp³-hybridized carbons (Fsp3) is 0.286. The van der Waals surface area contributed by atoms with Crippen molar-refractivity contribution in [2.24, 2.45) is 0 Å². The largest absolute Gasteiger partial charge is 0.434 e. The Morgan fingerprint density at radius 1 is 1.13 bits per heavy atom. The van der Waals surface area contributed by atoms with Gasteiger partial charge in [0.25, 0.3) is 0 Å². The molecule has 0 aliphatic rings. The van der Waals surface area contributed by atoms with Crippen LogP contribution in [0.2, 0.25) is 15.2 Å². The average Bonchev–Trinajstić information content (AvgIpc) is 2.10. The molecule has 0 amide bonds. The summed E-state index contributed by atoms with van der Waals surface area (Å²) in [7, 11) is 0. The summed E-state index contributed by atoms with van der Waals surface area (Å²) in [4.78, 5) is 3.19. The summed E-state index contributed by atoms with van der Waals surface area (Å²) in [5.74, 6) is 0. The van der Waals surface area contributed by atoms with E-state index in [4.69, 9.17) is 34.8 Å². The second-order valence-electron chi connectivity index (χ2n) is 2.41. The average molecular weight is 297 g/mol. The van der Waals surface area contributed by atoms with Crippen molar-refractivity contribution in [2.45, 2.75) is 11.1 Å². The molecular formula is C7H3Cl3F3NS. The predicted octanol–water partition coefficient (Wildman–Crippen LogP) is 4.78. The van der Waals surface area contributed by atoms with Crippen LogP contribution in [-0.2, 0) is 6.18 Å². The molecule has 0 unspecified atom stereocenters. The van der Waals surface area contributed by atoms with Gasteiger partial charge in [-0.3, -0.25) is 0 Å². The van der Waals surface area contributed by atoms with Gasteiger partial charge in [0.2, 0.25) is 0 Å². The molecule has 84 valence electrons. The highest BCUT2D eigenvalue weighted by molar-refractivity contribution is 7.98. The van der Waals surface area contributed by atoms with Gasteiger partial charge in [0.1, 0.15) is 5.15 Å². The molecular weight excluding hydrogens is 294 g/mol. The lowest BCUT2D eigenvalue weighted by Crippen LogP contribution is -2.10. The Morgan fingerprint density at radius 3 is 2.07 bits per heavy atom. The molecule has 0 aliphatic carbocycles. The van der Waals surface area contributed by atoms with Crippen molar-refractivity contribution >= 4 is 46.6 Å². The lowest BCUT2D eigenvalue weighted by Gasteiger charge is -2.12. The van der Waals surface area contributed by atoms with Gasteiger partial charge in [0, 0.05) is 4.90 Å². The zero-order valence-corrected chi connectivity index (χ0v) is 10.2. The molecule has 0 aliphatic heterocycles. The van der Waals surface area contributed by atoms with Crippen LogP contribution in [0.25, 0.3) is 0 Å². The van der Waals surface area contributed by atoms with Crippen LogP contribution in [0.1, 0.15) is 5.69 Å². The quantitative estimate of drug-likeness (QED) is 0.546. The molecule has 0 aromatic carbocycles. The Bertz CT molecular complexity index is 394. The molecule has 0 radical (unpaired) electrons. The minimum Gasteiger partial charge on any atom is -0.228 e. The lowest BCUT2D eigenvalue weighted by atomic mass is 10.3. The summed E-state index contributed by atoms with van der Waals surface area (Å²) < 4.78 is 37.3. The van der Waals surface area contributed by atoms with Gasteiger partial charge in [-0.1, -0.05) is 34.8 Å². The molecule has 0 saturated heterocycles. The first-order chi connectivity index (χ1) is 6.79. The van der Waals surface area contributed by atoms with Crippen LogP contribution in [-0.4, -0.2) is 11.2 Å². The Hall–Kier alpha value is 0.160. The zero-order valence-electron chi connectivity index (χ0n) is 7.12. The zero-order chi connectivity index (χ0) is 11.8. The van der Waals surface area contributed by atoms with E-state index < -0.39 is 22.0 Å². The molecule has 0 N–H and O–H groups in total. The number of rotatable bonds is 1. The Morgan fingerprint density at radius 2 is 1.67 bits per heavy atom. The first kappa shape index (κ1) is 13.2. The first-order valence-electron chi connectivity index (χ1n) is 3.44. The second kappa shape index (κ2) is 4.57. The Kier molecular flexibility index (Phi) is 4.03. The number of halogens is 6.